The van der Waals surface area contributed by atoms with Gasteiger partial charge in [-0.25, -0.2) is 4.79 Å². The molecule has 3 aromatic carbocycles. The summed E-state index contributed by atoms with van der Waals surface area (Å²) >= 11 is 0. The maximum atomic E-state index is 12.5. The van der Waals surface area contributed by atoms with Crippen molar-refractivity contribution >= 4 is 33.6 Å². The molecule has 6 heteroatoms. The lowest BCUT2D eigenvalue weighted by atomic mass is 10.1. The number of H-pyrrole nitrogens is 1. The van der Waals surface area contributed by atoms with Gasteiger partial charge in [0.1, 0.15) is 5.75 Å². The summed E-state index contributed by atoms with van der Waals surface area (Å²) < 4.78 is 10.5. The van der Waals surface area contributed by atoms with Gasteiger partial charge in [0.25, 0.3) is 5.91 Å². The lowest BCUT2D eigenvalue weighted by Crippen LogP contribution is -2.30. The van der Waals surface area contributed by atoms with Crippen LogP contribution in [-0.2, 0) is 16.1 Å². The van der Waals surface area contributed by atoms with Crippen LogP contribution in [0.3, 0.4) is 0 Å². The first-order valence-corrected chi connectivity index (χ1v) is 9.59. The molecule has 1 aromatic heterocycles. The number of aromatic nitrogens is 1. The number of likely N-dealkylation sites (N-methyl/N-ethyl adjacent to an activating group) is 1. The number of para-hydroxylation sites is 1. The molecule has 30 heavy (non-hydrogen) atoms. The average molecular weight is 402 g/mol. The average Bonchev–Trinajstić information content (AvgIpc) is 3.21. The highest BCUT2D eigenvalue weighted by Gasteiger charge is 2.17. The van der Waals surface area contributed by atoms with E-state index in [1.165, 1.54) is 0 Å². The molecule has 1 heterocycles. The number of amides is 1. The van der Waals surface area contributed by atoms with Crippen LogP contribution in [-0.4, -0.2) is 42.5 Å². The van der Waals surface area contributed by atoms with Gasteiger partial charge < -0.3 is 19.4 Å². The Labute approximate surface area is 174 Å². The van der Waals surface area contributed by atoms with Gasteiger partial charge in [-0.05, 0) is 40.6 Å². The van der Waals surface area contributed by atoms with E-state index in [1.54, 1.807) is 25.3 Å². The van der Waals surface area contributed by atoms with Crippen LogP contribution in [0.5, 0.6) is 5.75 Å². The van der Waals surface area contributed by atoms with E-state index in [4.69, 9.17) is 9.47 Å². The minimum atomic E-state index is -0.520. The normalized spacial score (nSPS) is 10.9. The summed E-state index contributed by atoms with van der Waals surface area (Å²) in [6.45, 7) is 0.116. The Morgan fingerprint density at radius 1 is 1.00 bits per heavy atom. The van der Waals surface area contributed by atoms with Gasteiger partial charge in [0, 0.05) is 30.7 Å². The molecule has 152 valence electrons. The van der Waals surface area contributed by atoms with Gasteiger partial charge in [-0.2, -0.15) is 0 Å². The predicted octanol–water partition coefficient (Wildman–Crippen LogP) is 4.15. The summed E-state index contributed by atoms with van der Waals surface area (Å²) in [7, 11) is 3.33. The van der Waals surface area contributed by atoms with Gasteiger partial charge in [-0.15, -0.1) is 0 Å². The second-order valence-electron chi connectivity index (χ2n) is 7.12. The third-order valence-electron chi connectivity index (χ3n) is 5.09. The highest BCUT2D eigenvalue weighted by atomic mass is 16.5. The molecule has 0 atom stereocenters. The van der Waals surface area contributed by atoms with E-state index in [0.717, 1.165) is 33.0 Å². The van der Waals surface area contributed by atoms with Crippen molar-refractivity contribution in [1.29, 1.82) is 0 Å². The van der Waals surface area contributed by atoms with Crippen LogP contribution in [0, 0.1) is 0 Å². The molecule has 0 bridgehead atoms. The number of esters is 1. The summed E-state index contributed by atoms with van der Waals surface area (Å²) in [5.41, 5.74) is 2.26. The maximum absolute atomic E-state index is 12.5. The number of carbonyl (C=O) groups excluding carboxylic acids is 2. The molecule has 0 saturated heterocycles. The Kier molecular flexibility index (Phi) is 5.39. The number of rotatable bonds is 6. The highest BCUT2D eigenvalue weighted by Crippen LogP contribution is 2.22. The number of carbonyl (C=O) groups is 2. The van der Waals surface area contributed by atoms with Gasteiger partial charge in [0.2, 0.25) is 0 Å². The molecule has 4 aromatic rings. The number of fused-ring (bicyclic) bond motifs is 2. The zero-order chi connectivity index (χ0) is 21.1. The standard InChI is InChI=1S/C24H22N2O4/c1-26(14-16-7-8-18-12-19(29-2)10-9-17(18)11-16)23(27)15-30-24(28)21-13-25-22-6-4-3-5-20(21)22/h3-13,25H,14-15H2,1-2H3. The molecule has 0 saturated carbocycles. The third kappa shape index (κ3) is 3.98. The fourth-order valence-electron chi connectivity index (χ4n) is 3.42. The van der Waals surface area contributed by atoms with Gasteiger partial charge in [0.05, 0.1) is 12.7 Å². The molecule has 1 amide bonds. The van der Waals surface area contributed by atoms with Crippen molar-refractivity contribution in [3.8, 4) is 5.75 Å². The lowest BCUT2D eigenvalue weighted by Gasteiger charge is -2.17. The molecule has 0 fully saturated rings. The van der Waals surface area contributed by atoms with Crippen molar-refractivity contribution in [2.45, 2.75) is 6.54 Å². The van der Waals surface area contributed by atoms with Crippen molar-refractivity contribution in [1.82, 2.24) is 9.88 Å². The van der Waals surface area contributed by atoms with E-state index in [2.05, 4.69) is 4.98 Å². The topological polar surface area (TPSA) is 71.6 Å². The highest BCUT2D eigenvalue weighted by molar-refractivity contribution is 6.04. The molecular formula is C24H22N2O4. The van der Waals surface area contributed by atoms with Gasteiger partial charge in [-0.3, -0.25) is 4.79 Å². The fraction of sp³-hybridized carbons (Fsp3) is 0.167. The summed E-state index contributed by atoms with van der Waals surface area (Å²) in [4.78, 5) is 29.4. The first-order chi connectivity index (χ1) is 14.5. The molecule has 0 radical (unpaired) electrons. The largest absolute Gasteiger partial charge is 0.497 e. The summed E-state index contributed by atoms with van der Waals surface area (Å²) in [6, 6.07) is 19.3. The second-order valence-corrected chi connectivity index (χ2v) is 7.12. The van der Waals surface area contributed by atoms with E-state index in [9.17, 15) is 9.59 Å². The minimum absolute atomic E-state index is 0.266. The van der Waals surface area contributed by atoms with Crippen LogP contribution < -0.4 is 4.74 Å². The van der Waals surface area contributed by atoms with Crippen molar-refractivity contribution in [3.05, 3.63) is 78.0 Å². The molecule has 0 aliphatic rings. The summed E-state index contributed by atoms with van der Waals surface area (Å²) in [5.74, 6) is 0.0198. The Balaban J connectivity index is 1.37. The van der Waals surface area contributed by atoms with Gasteiger partial charge >= 0.3 is 5.97 Å². The number of ether oxygens (including phenoxy) is 2. The molecule has 6 nitrogen and oxygen atoms in total. The van der Waals surface area contributed by atoms with E-state index >= 15 is 0 Å². The predicted molar refractivity (Wildman–Crippen MR) is 116 cm³/mol. The second kappa shape index (κ2) is 8.29. The van der Waals surface area contributed by atoms with E-state index in [1.807, 2.05) is 60.7 Å². The number of nitrogens with zero attached hydrogens (tertiary/aromatic N) is 1. The fourth-order valence-corrected chi connectivity index (χ4v) is 3.42. The molecular weight excluding hydrogens is 380 g/mol. The number of benzene rings is 3. The van der Waals surface area contributed by atoms with Crippen LogP contribution in [0.25, 0.3) is 21.7 Å². The van der Waals surface area contributed by atoms with Crippen LogP contribution >= 0.6 is 0 Å². The van der Waals surface area contributed by atoms with Crippen molar-refractivity contribution in [2.24, 2.45) is 0 Å². The molecule has 1 N–H and O–H groups in total. The molecule has 4 rings (SSSR count). The van der Waals surface area contributed by atoms with Crippen LogP contribution in [0.15, 0.2) is 66.9 Å². The van der Waals surface area contributed by atoms with E-state index in [-0.39, 0.29) is 12.5 Å². The van der Waals surface area contributed by atoms with Crippen molar-refractivity contribution in [2.75, 3.05) is 20.8 Å². The van der Waals surface area contributed by atoms with Crippen LogP contribution in [0.2, 0.25) is 0 Å². The first-order valence-electron chi connectivity index (χ1n) is 9.59. The number of nitrogens with one attached hydrogen (secondary N) is 1. The Hall–Kier alpha value is -3.80. The van der Waals surface area contributed by atoms with E-state index < -0.39 is 5.97 Å². The zero-order valence-electron chi connectivity index (χ0n) is 16.8. The van der Waals surface area contributed by atoms with Crippen LogP contribution in [0.1, 0.15) is 15.9 Å². The van der Waals surface area contributed by atoms with Gasteiger partial charge in [0.15, 0.2) is 6.61 Å². The Morgan fingerprint density at radius 3 is 2.60 bits per heavy atom. The van der Waals surface area contributed by atoms with Gasteiger partial charge in [-0.1, -0.05) is 36.4 Å². The van der Waals surface area contributed by atoms with E-state index in [0.29, 0.717) is 12.1 Å². The maximum Gasteiger partial charge on any atom is 0.340 e. The number of methoxy groups -OCH3 is 1. The SMILES string of the molecule is COc1ccc2cc(CN(C)C(=O)COC(=O)c3c[nH]c4ccccc34)ccc2c1. The third-order valence-corrected chi connectivity index (χ3v) is 5.09. The minimum Gasteiger partial charge on any atom is -0.497 e. The van der Waals surface area contributed by atoms with Crippen LogP contribution in [0.4, 0.5) is 0 Å². The summed E-state index contributed by atoms with van der Waals surface area (Å²) in [5, 5.41) is 2.91. The number of hydrogen-bond donors (Lipinski definition) is 1. The summed E-state index contributed by atoms with van der Waals surface area (Å²) in [6.07, 6.45) is 1.60. The van der Waals surface area contributed by atoms with Crippen molar-refractivity contribution in [3.63, 3.8) is 0 Å². The molecule has 0 aliphatic heterocycles. The first kappa shape index (κ1) is 19.5. The van der Waals surface area contributed by atoms with Crippen molar-refractivity contribution < 1.29 is 19.1 Å². The quantitative estimate of drug-likeness (QED) is 0.492. The molecule has 0 unspecified atom stereocenters. The number of hydrogen-bond acceptors (Lipinski definition) is 4. The molecule has 0 spiro atoms. The Bertz CT molecular complexity index is 1230. The number of aromatic amines is 1. The lowest BCUT2D eigenvalue weighted by molar-refractivity contribution is -0.133. The zero-order valence-corrected chi connectivity index (χ0v) is 16.8. The molecule has 0 aliphatic carbocycles. The smallest absolute Gasteiger partial charge is 0.340 e. The monoisotopic (exact) mass is 402 g/mol. The Morgan fingerprint density at radius 2 is 1.77 bits per heavy atom.